The molecule has 2 aromatic carbocycles. The Hall–Kier alpha value is -3.61. The SMILES string of the molecule is CCN(CC(=O)Nc1cc(C(C)(C)C)nn1-c1cccc(C)c1)C(=O)Nc1ccccc1. The molecule has 1 aromatic heterocycles. The van der Waals surface area contributed by atoms with Gasteiger partial charge in [0.2, 0.25) is 5.91 Å². The Morgan fingerprint density at radius 2 is 1.72 bits per heavy atom. The number of carbonyl (C=O) groups is 2. The molecule has 0 aliphatic rings. The Morgan fingerprint density at radius 1 is 1.00 bits per heavy atom. The fraction of sp³-hybridized carbons (Fsp3) is 0.320. The summed E-state index contributed by atoms with van der Waals surface area (Å²) in [5, 5.41) is 10.5. The number of amides is 3. The lowest BCUT2D eigenvalue weighted by Gasteiger charge is -2.21. The summed E-state index contributed by atoms with van der Waals surface area (Å²) in [4.78, 5) is 26.9. The minimum absolute atomic E-state index is 0.0704. The molecule has 0 saturated heterocycles. The fourth-order valence-electron chi connectivity index (χ4n) is 3.20. The maximum Gasteiger partial charge on any atom is 0.322 e. The van der Waals surface area contributed by atoms with Crippen LogP contribution >= 0.6 is 0 Å². The van der Waals surface area contributed by atoms with Gasteiger partial charge in [-0.3, -0.25) is 4.79 Å². The van der Waals surface area contributed by atoms with E-state index in [0.717, 1.165) is 16.9 Å². The molecule has 3 aromatic rings. The molecule has 7 nitrogen and oxygen atoms in total. The van der Waals surface area contributed by atoms with Gasteiger partial charge in [0.15, 0.2) is 0 Å². The summed E-state index contributed by atoms with van der Waals surface area (Å²) >= 11 is 0. The quantitative estimate of drug-likeness (QED) is 0.576. The largest absolute Gasteiger partial charge is 0.322 e. The maximum absolute atomic E-state index is 12.9. The van der Waals surface area contributed by atoms with Crippen molar-refractivity contribution in [3.63, 3.8) is 0 Å². The molecule has 168 valence electrons. The van der Waals surface area contributed by atoms with Gasteiger partial charge >= 0.3 is 6.03 Å². The molecule has 0 spiro atoms. The van der Waals surface area contributed by atoms with E-state index in [1.165, 1.54) is 4.90 Å². The number of likely N-dealkylation sites (N-methyl/N-ethyl adjacent to an activating group) is 1. The van der Waals surface area contributed by atoms with Gasteiger partial charge in [0, 0.05) is 23.7 Å². The van der Waals surface area contributed by atoms with Gasteiger partial charge in [-0.25, -0.2) is 9.48 Å². The summed E-state index contributed by atoms with van der Waals surface area (Å²) < 4.78 is 1.74. The van der Waals surface area contributed by atoms with Gasteiger partial charge in [-0.2, -0.15) is 5.10 Å². The highest BCUT2D eigenvalue weighted by Gasteiger charge is 2.23. The molecule has 3 rings (SSSR count). The fourth-order valence-corrected chi connectivity index (χ4v) is 3.20. The van der Waals surface area contributed by atoms with Gasteiger partial charge in [0.05, 0.1) is 11.4 Å². The summed E-state index contributed by atoms with van der Waals surface area (Å²) in [7, 11) is 0. The molecule has 32 heavy (non-hydrogen) atoms. The van der Waals surface area contributed by atoms with Gasteiger partial charge in [0.25, 0.3) is 0 Å². The molecular formula is C25H31N5O2. The second kappa shape index (κ2) is 9.68. The highest BCUT2D eigenvalue weighted by molar-refractivity contribution is 5.96. The average Bonchev–Trinajstić information content (AvgIpc) is 3.17. The molecule has 0 fully saturated rings. The number of aromatic nitrogens is 2. The molecule has 0 saturated carbocycles. The van der Waals surface area contributed by atoms with Crippen molar-refractivity contribution in [2.45, 2.75) is 40.0 Å². The summed E-state index contributed by atoms with van der Waals surface area (Å²) in [6.45, 7) is 10.4. The highest BCUT2D eigenvalue weighted by Crippen LogP contribution is 2.26. The van der Waals surface area contributed by atoms with Crippen LogP contribution in [0, 0.1) is 6.92 Å². The Labute approximate surface area is 189 Å². The van der Waals surface area contributed by atoms with Crippen LogP contribution in [0.2, 0.25) is 0 Å². The van der Waals surface area contributed by atoms with Gasteiger partial charge in [0.1, 0.15) is 12.4 Å². The number of rotatable bonds is 6. The number of carbonyl (C=O) groups excluding carboxylic acids is 2. The topological polar surface area (TPSA) is 79.3 Å². The van der Waals surface area contributed by atoms with E-state index >= 15 is 0 Å². The van der Waals surface area contributed by atoms with Crippen molar-refractivity contribution < 1.29 is 9.59 Å². The number of hydrogen-bond acceptors (Lipinski definition) is 3. The highest BCUT2D eigenvalue weighted by atomic mass is 16.2. The van der Waals surface area contributed by atoms with Crippen molar-refractivity contribution in [1.29, 1.82) is 0 Å². The van der Waals surface area contributed by atoms with Crippen molar-refractivity contribution in [2.75, 3.05) is 23.7 Å². The Bertz CT molecular complexity index is 1080. The van der Waals surface area contributed by atoms with E-state index in [1.807, 2.05) is 62.4 Å². The Morgan fingerprint density at radius 3 is 2.34 bits per heavy atom. The molecule has 1 heterocycles. The number of nitrogens with one attached hydrogen (secondary N) is 2. The van der Waals surface area contributed by atoms with Crippen molar-refractivity contribution in [3.8, 4) is 5.69 Å². The number of urea groups is 1. The number of hydrogen-bond donors (Lipinski definition) is 2. The molecule has 7 heteroatoms. The molecule has 0 aliphatic carbocycles. The van der Waals surface area contributed by atoms with Crippen LogP contribution in [0.5, 0.6) is 0 Å². The second-order valence-corrected chi connectivity index (χ2v) is 8.77. The molecule has 0 bridgehead atoms. The van der Waals surface area contributed by atoms with Crippen LogP contribution < -0.4 is 10.6 Å². The van der Waals surface area contributed by atoms with Gasteiger partial charge in [-0.1, -0.05) is 51.1 Å². The van der Waals surface area contributed by atoms with Crippen molar-refractivity contribution in [1.82, 2.24) is 14.7 Å². The zero-order valence-electron chi connectivity index (χ0n) is 19.3. The predicted octanol–water partition coefficient (Wildman–Crippen LogP) is 4.97. The number of nitrogens with zero attached hydrogens (tertiary/aromatic N) is 3. The van der Waals surface area contributed by atoms with E-state index in [2.05, 4.69) is 31.4 Å². The predicted molar refractivity (Wildman–Crippen MR) is 128 cm³/mol. The average molecular weight is 434 g/mol. The number of para-hydroxylation sites is 1. The van der Waals surface area contributed by atoms with E-state index in [0.29, 0.717) is 18.1 Å². The van der Waals surface area contributed by atoms with Crippen LogP contribution in [-0.4, -0.2) is 39.7 Å². The molecule has 0 atom stereocenters. The molecule has 2 N–H and O–H groups in total. The van der Waals surface area contributed by atoms with Crippen molar-refractivity contribution in [2.24, 2.45) is 0 Å². The van der Waals surface area contributed by atoms with Gasteiger partial charge in [-0.15, -0.1) is 0 Å². The monoisotopic (exact) mass is 433 g/mol. The molecule has 0 radical (unpaired) electrons. The minimum Gasteiger partial charge on any atom is -0.315 e. The third kappa shape index (κ3) is 5.75. The van der Waals surface area contributed by atoms with Gasteiger partial charge in [-0.05, 0) is 43.7 Å². The molecule has 3 amide bonds. The van der Waals surface area contributed by atoms with E-state index in [1.54, 1.807) is 16.8 Å². The second-order valence-electron chi connectivity index (χ2n) is 8.77. The number of aryl methyl sites for hydroxylation is 1. The number of benzene rings is 2. The molecule has 0 unspecified atom stereocenters. The minimum atomic E-state index is -0.323. The third-order valence-corrected chi connectivity index (χ3v) is 5.02. The van der Waals surface area contributed by atoms with Crippen molar-refractivity contribution in [3.05, 3.63) is 71.9 Å². The van der Waals surface area contributed by atoms with Crippen LogP contribution in [-0.2, 0) is 10.2 Å². The van der Waals surface area contributed by atoms with Crippen LogP contribution in [0.1, 0.15) is 39.0 Å². The van der Waals surface area contributed by atoms with Crippen LogP contribution in [0.25, 0.3) is 5.69 Å². The van der Waals surface area contributed by atoms with Crippen LogP contribution in [0.3, 0.4) is 0 Å². The first-order chi connectivity index (χ1) is 15.2. The molecule has 0 aliphatic heterocycles. The first-order valence-electron chi connectivity index (χ1n) is 10.8. The Balaban J connectivity index is 1.78. The number of anilines is 2. The van der Waals surface area contributed by atoms with Gasteiger partial charge < -0.3 is 15.5 Å². The third-order valence-electron chi connectivity index (χ3n) is 5.02. The first-order valence-corrected chi connectivity index (χ1v) is 10.8. The Kier molecular flexibility index (Phi) is 6.98. The maximum atomic E-state index is 12.9. The summed E-state index contributed by atoms with van der Waals surface area (Å²) in [6, 6.07) is 18.7. The zero-order chi connectivity index (χ0) is 23.3. The lowest BCUT2D eigenvalue weighted by Crippen LogP contribution is -2.40. The smallest absolute Gasteiger partial charge is 0.315 e. The summed E-state index contributed by atoms with van der Waals surface area (Å²) in [6.07, 6.45) is 0. The van der Waals surface area contributed by atoms with Crippen LogP contribution in [0.4, 0.5) is 16.3 Å². The zero-order valence-corrected chi connectivity index (χ0v) is 19.3. The van der Waals surface area contributed by atoms with E-state index in [4.69, 9.17) is 5.10 Å². The van der Waals surface area contributed by atoms with E-state index < -0.39 is 0 Å². The summed E-state index contributed by atoms with van der Waals surface area (Å²) in [5.74, 6) is 0.286. The van der Waals surface area contributed by atoms with Crippen molar-refractivity contribution >= 4 is 23.4 Å². The lowest BCUT2D eigenvalue weighted by molar-refractivity contribution is -0.116. The standard InChI is InChI=1S/C25H31N5O2/c1-6-29(24(32)26-19-12-8-7-9-13-19)17-23(31)27-22-16-21(25(3,4)5)28-30(22)20-14-10-11-18(2)15-20/h7-16H,6,17H2,1-5H3,(H,26,32)(H,27,31). The van der Waals surface area contributed by atoms with E-state index in [9.17, 15) is 9.59 Å². The lowest BCUT2D eigenvalue weighted by atomic mass is 9.92. The van der Waals surface area contributed by atoms with E-state index in [-0.39, 0.29) is 23.9 Å². The first kappa shape index (κ1) is 23.1. The summed E-state index contributed by atoms with van der Waals surface area (Å²) in [5.41, 5.74) is 3.33. The normalized spacial score (nSPS) is 11.2. The van der Waals surface area contributed by atoms with Crippen LogP contribution in [0.15, 0.2) is 60.7 Å². The molecular weight excluding hydrogens is 402 g/mol.